The van der Waals surface area contributed by atoms with Gasteiger partial charge in [-0.05, 0) is 0 Å². The summed E-state index contributed by atoms with van der Waals surface area (Å²) < 4.78 is 0. The Morgan fingerprint density at radius 2 is 2.07 bits per heavy atom. The van der Waals surface area contributed by atoms with Crippen LogP contribution in [0.2, 0.25) is 0 Å². The molecule has 0 unspecified atom stereocenters. The van der Waals surface area contributed by atoms with Crippen molar-refractivity contribution >= 4 is 11.2 Å². The molecule has 2 rings (SSSR count). The molecule has 6 nitrogen and oxygen atoms in total. The molecule has 74 valence electrons. The first kappa shape index (κ1) is 9.04. The normalized spacial score (nSPS) is 11.4. The van der Waals surface area contributed by atoms with Crippen LogP contribution in [-0.2, 0) is 0 Å². The highest BCUT2D eigenvalue weighted by molar-refractivity contribution is 5.68. The number of hydrogen-bond donors (Lipinski definition) is 3. The minimum absolute atomic E-state index is 0.174. The molecule has 0 aliphatic carbocycles. The average molecular weight is 194 g/mol. The molecular formula is C8H10N4O2. The van der Waals surface area contributed by atoms with Crippen LogP contribution in [0.3, 0.4) is 0 Å². The molecule has 2 aromatic rings. The number of aromatic nitrogens is 4. The summed E-state index contributed by atoms with van der Waals surface area (Å²) in [4.78, 5) is 14.9. The number of rotatable bonds is 3. The summed E-state index contributed by atoms with van der Waals surface area (Å²) in [5.74, 6) is -0.0225. The maximum atomic E-state index is 8.93. The van der Waals surface area contributed by atoms with Gasteiger partial charge in [-0.15, -0.1) is 0 Å². The van der Waals surface area contributed by atoms with Crippen LogP contribution >= 0.6 is 0 Å². The van der Waals surface area contributed by atoms with Gasteiger partial charge in [-0.3, -0.25) is 0 Å². The molecule has 0 amide bonds. The lowest BCUT2D eigenvalue weighted by molar-refractivity contribution is 0.188. The highest BCUT2D eigenvalue weighted by atomic mass is 16.3. The number of aliphatic hydroxyl groups is 2. The molecule has 0 atom stereocenters. The van der Waals surface area contributed by atoms with E-state index in [1.807, 2.05) is 0 Å². The largest absolute Gasteiger partial charge is 0.396 e. The Bertz CT molecular complexity index is 424. The van der Waals surface area contributed by atoms with Gasteiger partial charge in [-0.2, -0.15) is 0 Å². The highest BCUT2D eigenvalue weighted by Crippen LogP contribution is 2.11. The van der Waals surface area contributed by atoms with Crippen molar-refractivity contribution in [2.45, 2.75) is 5.92 Å². The molecule has 0 saturated heterocycles. The molecule has 0 bridgehead atoms. The molecule has 0 fully saturated rings. The van der Waals surface area contributed by atoms with Crippen molar-refractivity contribution in [3.8, 4) is 0 Å². The van der Waals surface area contributed by atoms with Gasteiger partial charge in [0.2, 0.25) is 0 Å². The van der Waals surface area contributed by atoms with Crippen LogP contribution in [0.4, 0.5) is 0 Å². The van der Waals surface area contributed by atoms with Crippen LogP contribution in [0.1, 0.15) is 11.7 Å². The molecular weight excluding hydrogens is 184 g/mol. The van der Waals surface area contributed by atoms with Gasteiger partial charge < -0.3 is 15.2 Å². The second-order valence-electron chi connectivity index (χ2n) is 2.93. The Kier molecular flexibility index (Phi) is 2.38. The van der Waals surface area contributed by atoms with Crippen molar-refractivity contribution in [3.05, 3.63) is 18.3 Å². The monoisotopic (exact) mass is 194 g/mol. The summed E-state index contributed by atoms with van der Waals surface area (Å²) in [7, 11) is 0. The number of aromatic amines is 1. The van der Waals surface area contributed by atoms with Gasteiger partial charge in [-0.1, -0.05) is 0 Å². The second-order valence-corrected chi connectivity index (χ2v) is 2.93. The number of nitrogens with one attached hydrogen (secondary N) is 1. The fourth-order valence-corrected chi connectivity index (χ4v) is 1.17. The van der Waals surface area contributed by atoms with Crippen molar-refractivity contribution in [3.63, 3.8) is 0 Å². The third-order valence-corrected chi connectivity index (χ3v) is 2.00. The Hall–Kier alpha value is -1.53. The number of nitrogens with zero attached hydrogens (tertiary/aromatic N) is 3. The SMILES string of the molecule is OCC(CO)c1ncc2[nH]cnc2n1. The molecule has 0 spiro atoms. The maximum Gasteiger partial charge on any atom is 0.180 e. The number of aliphatic hydroxyl groups excluding tert-OH is 2. The molecule has 3 N–H and O–H groups in total. The van der Waals surface area contributed by atoms with Crippen molar-refractivity contribution in [1.82, 2.24) is 19.9 Å². The van der Waals surface area contributed by atoms with E-state index < -0.39 is 5.92 Å². The quantitative estimate of drug-likeness (QED) is 0.607. The predicted molar refractivity (Wildman–Crippen MR) is 48.6 cm³/mol. The van der Waals surface area contributed by atoms with Crippen LogP contribution in [0.15, 0.2) is 12.5 Å². The van der Waals surface area contributed by atoms with E-state index in [1.54, 1.807) is 6.20 Å². The lowest BCUT2D eigenvalue weighted by atomic mass is 10.1. The Morgan fingerprint density at radius 3 is 2.79 bits per heavy atom. The van der Waals surface area contributed by atoms with Crippen molar-refractivity contribution in [2.75, 3.05) is 13.2 Å². The minimum Gasteiger partial charge on any atom is -0.396 e. The van der Waals surface area contributed by atoms with E-state index in [2.05, 4.69) is 19.9 Å². The average Bonchev–Trinajstić information content (AvgIpc) is 2.66. The van der Waals surface area contributed by atoms with E-state index in [1.165, 1.54) is 6.33 Å². The maximum absolute atomic E-state index is 8.93. The first-order valence-corrected chi connectivity index (χ1v) is 4.23. The molecule has 2 heterocycles. The zero-order valence-electron chi connectivity index (χ0n) is 7.38. The summed E-state index contributed by atoms with van der Waals surface area (Å²) in [6.07, 6.45) is 3.11. The molecule has 0 saturated carbocycles. The number of hydrogen-bond acceptors (Lipinski definition) is 5. The molecule has 0 aliphatic rings. The molecule has 2 aromatic heterocycles. The van der Waals surface area contributed by atoms with Gasteiger partial charge in [0.15, 0.2) is 5.65 Å². The van der Waals surface area contributed by atoms with Gasteiger partial charge in [0.05, 0.1) is 31.7 Å². The van der Waals surface area contributed by atoms with Gasteiger partial charge in [0, 0.05) is 0 Å². The van der Waals surface area contributed by atoms with Crippen LogP contribution in [0.5, 0.6) is 0 Å². The van der Waals surface area contributed by atoms with Crippen molar-refractivity contribution in [1.29, 1.82) is 0 Å². The first-order chi connectivity index (χ1) is 6.85. The minimum atomic E-state index is -0.434. The van der Waals surface area contributed by atoms with E-state index in [-0.39, 0.29) is 13.2 Å². The second kappa shape index (κ2) is 3.69. The fourth-order valence-electron chi connectivity index (χ4n) is 1.17. The van der Waals surface area contributed by atoms with E-state index in [4.69, 9.17) is 10.2 Å². The van der Waals surface area contributed by atoms with Gasteiger partial charge in [-0.25, -0.2) is 15.0 Å². The summed E-state index contributed by atoms with van der Waals surface area (Å²) in [6, 6.07) is 0. The van der Waals surface area contributed by atoms with Gasteiger partial charge in [0.1, 0.15) is 11.3 Å². The Balaban J connectivity index is 2.42. The fraction of sp³-hybridized carbons (Fsp3) is 0.375. The standard InChI is InChI=1S/C8H10N4O2/c13-2-5(3-14)7-9-1-6-8(12-7)11-4-10-6/h1,4-5,13-14H,2-3H2,(H,9,10,11,12). The lowest BCUT2D eigenvalue weighted by Gasteiger charge is -2.07. The third kappa shape index (κ3) is 1.45. The van der Waals surface area contributed by atoms with Gasteiger partial charge in [0.25, 0.3) is 0 Å². The Labute approximate surface area is 79.7 Å². The van der Waals surface area contributed by atoms with Gasteiger partial charge >= 0.3 is 0 Å². The van der Waals surface area contributed by atoms with E-state index in [0.29, 0.717) is 11.5 Å². The Morgan fingerprint density at radius 1 is 1.29 bits per heavy atom. The number of fused-ring (bicyclic) bond motifs is 1. The predicted octanol–water partition coefficient (Wildman–Crippen LogP) is -0.579. The van der Waals surface area contributed by atoms with Crippen LogP contribution in [0.25, 0.3) is 11.2 Å². The molecule has 0 aromatic carbocycles. The lowest BCUT2D eigenvalue weighted by Crippen LogP contribution is -2.12. The number of H-pyrrole nitrogens is 1. The summed E-state index contributed by atoms with van der Waals surface area (Å²) in [5.41, 5.74) is 1.28. The summed E-state index contributed by atoms with van der Waals surface area (Å²) >= 11 is 0. The van der Waals surface area contributed by atoms with Crippen LogP contribution in [0, 0.1) is 0 Å². The topological polar surface area (TPSA) is 94.9 Å². The van der Waals surface area contributed by atoms with Crippen LogP contribution in [-0.4, -0.2) is 43.4 Å². The van der Waals surface area contributed by atoms with E-state index >= 15 is 0 Å². The van der Waals surface area contributed by atoms with Crippen molar-refractivity contribution < 1.29 is 10.2 Å². The number of imidazole rings is 1. The molecule has 0 radical (unpaired) electrons. The van der Waals surface area contributed by atoms with E-state index in [9.17, 15) is 0 Å². The zero-order valence-corrected chi connectivity index (χ0v) is 7.38. The van der Waals surface area contributed by atoms with Crippen molar-refractivity contribution in [2.24, 2.45) is 0 Å². The van der Waals surface area contributed by atoms with E-state index in [0.717, 1.165) is 5.52 Å². The third-order valence-electron chi connectivity index (χ3n) is 2.00. The molecule has 6 heteroatoms. The van der Waals surface area contributed by atoms with Crippen LogP contribution < -0.4 is 0 Å². The molecule has 0 aliphatic heterocycles. The summed E-state index contributed by atoms with van der Waals surface area (Å²) in [5, 5.41) is 17.9. The first-order valence-electron chi connectivity index (χ1n) is 4.23. The smallest absolute Gasteiger partial charge is 0.180 e. The highest BCUT2D eigenvalue weighted by Gasteiger charge is 2.13. The zero-order chi connectivity index (χ0) is 9.97. The summed E-state index contributed by atoms with van der Waals surface area (Å²) in [6.45, 7) is -0.348. The molecule has 14 heavy (non-hydrogen) atoms.